The molecule has 1 aromatic carbocycles. The standard InChI is InChI=1S/C18H25BrN2OS.ClH/c1-2-21(18(22)10-12-4-3-5-15(12)20)16-8-9-23-17-7-6-13(19)11-14(16)17;/h6-7,11-12,15-16H,2-5,8-10,20H2,1H3;1H/t12-,15+,16?;/m0./s1. The fourth-order valence-corrected chi connectivity index (χ4v) is 5.37. The highest BCUT2D eigenvalue weighted by Crippen LogP contribution is 2.41. The quantitative estimate of drug-likeness (QED) is 0.743. The van der Waals surface area contributed by atoms with Crippen molar-refractivity contribution in [1.82, 2.24) is 4.90 Å². The maximum atomic E-state index is 12.9. The highest BCUT2D eigenvalue weighted by molar-refractivity contribution is 9.10. The van der Waals surface area contributed by atoms with Crippen LogP contribution >= 0.6 is 40.1 Å². The third-order valence-electron chi connectivity index (χ3n) is 5.17. The summed E-state index contributed by atoms with van der Waals surface area (Å²) in [6.07, 6.45) is 4.99. The van der Waals surface area contributed by atoms with Gasteiger partial charge in [0.05, 0.1) is 6.04 Å². The first-order valence-corrected chi connectivity index (χ1v) is 10.3. The third kappa shape index (κ3) is 4.29. The van der Waals surface area contributed by atoms with Crippen LogP contribution in [-0.4, -0.2) is 29.1 Å². The Labute approximate surface area is 163 Å². The zero-order valence-electron chi connectivity index (χ0n) is 14.0. The largest absolute Gasteiger partial charge is 0.336 e. The van der Waals surface area contributed by atoms with E-state index in [2.05, 4.69) is 46.0 Å². The number of fused-ring (bicyclic) bond motifs is 1. The van der Waals surface area contributed by atoms with Crippen LogP contribution in [0.25, 0.3) is 0 Å². The predicted octanol–water partition coefficient (Wildman–Crippen LogP) is 4.77. The molecule has 3 nitrogen and oxygen atoms in total. The molecule has 0 saturated heterocycles. The van der Waals surface area contributed by atoms with Gasteiger partial charge in [0.15, 0.2) is 0 Å². The van der Waals surface area contributed by atoms with Gasteiger partial charge in [-0.15, -0.1) is 24.2 Å². The molecule has 0 bridgehead atoms. The van der Waals surface area contributed by atoms with Crippen LogP contribution in [0.15, 0.2) is 27.6 Å². The zero-order valence-corrected chi connectivity index (χ0v) is 17.3. The number of rotatable bonds is 4. The number of carbonyl (C=O) groups excluding carboxylic acids is 1. The minimum Gasteiger partial charge on any atom is -0.336 e. The van der Waals surface area contributed by atoms with Crippen LogP contribution in [0.1, 0.15) is 50.6 Å². The van der Waals surface area contributed by atoms with E-state index in [0.29, 0.717) is 12.3 Å². The molecule has 1 aliphatic carbocycles. The summed E-state index contributed by atoms with van der Waals surface area (Å²) in [6.45, 7) is 2.86. The van der Waals surface area contributed by atoms with Crippen LogP contribution in [0.3, 0.4) is 0 Å². The van der Waals surface area contributed by atoms with Crippen molar-refractivity contribution in [2.45, 2.75) is 56.0 Å². The Morgan fingerprint density at radius 3 is 2.83 bits per heavy atom. The van der Waals surface area contributed by atoms with Crippen molar-refractivity contribution in [2.75, 3.05) is 12.3 Å². The third-order valence-corrected chi connectivity index (χ3v) is 6.79. The molecule has 0 aromatic heterocycles. The van der Waals surface area contributed by atoms with Gasteiger partial charge in [-0.3, -0.25) is 4.79 Å². The zero-order chi connectivity index (χ0) is 16.4. The summed E-state index contributed by atoms with van der Waals surface area (Å²) in [5.74, 6) is 1.72. The first-order valence-electron chi connectivity index (χ1n) is 8.57. The van der Waals surface area contributed by atoms with Crippen molar-refractivity contribution in [3.8, 4) is 0 Å². The van der Waals surface area contributed by atoms with Gasteiger partial charge in [-0.05, 0) is 55.9 Å². The van der Waals surface area contributed by atoms with Gasteiger partial charge in [-0.25, -0.2) is 0 Å². The number of nitrogens with two attached hydrogens (primary N) is 1. The van der Waals surface area contributed by atoms with E-state index in [0.717, 1.165) is 36.0 Å². The van der Waals surface area contributed by atoms with Crippen LogP contribution in [0.5, 0.6) is 0 Å². The van der Waals surface area contributed by atoms with E-state index in [1.54, 1.807) is 0 Å². The summed E-state index contributed by atoms with van der Waals surface area (Å²) in [7, 11) is 0. The molecule has 1 unspecified atom stereocenters. The number of nitrogens with zero attached hydrogens (tertiary/aromatic N) is 1. The minimum atomic E-state index is 0. The van der Waals surface area contributed by atoms with Gasteiger partial charge in [-0.1, -0.05) is 22.4 Å². The molecule has 3 rings (SSSR count). The van der Waals surface area contributed by atoms with Crippen molar-refractivity contribution < 1.29 is 4.79 Å². The summed E-state index contributed by atoms with van der Waals surface area (Å²) in [5, 5.41) is 0. The normalized spacial score (nSPS) is 25.7. The minimum absolute atomic E-state index is 0. The maximum absolute atomic E-state index is 12.9. The van der Waals surface area contributed by atoms with E-state index in [1.165, 1.54) is 16.9 Å². The van der Waals surface area contributed by atoms with Crippen LogP contribution in [0, 0.1) is 5.92 Å². The topological polar surface area (TPSA) is 46.3 Å². The van der Waals surface area contributed by atoms with Crippen LogP contribution in [0.4, 0.5) is 0 Å². The van der Waals surface area contributed by atoms with Crippen molar-refractivity contribution in [3.63, 3.8) is 0 Å². The van der Waals surface area contributed by atoms with Gasteiger partial charge in [0.2, 0.25) is 5.91 Å². The van der Waals surface area contributed by atoms with Gasteiger partial charge in [0.1, 0.15) is 0 Å². The molecule has 1 amide bonds. The number of hydrogen-bond donors (Lipinski definition) is 1. The Morgan fingerprint density at radius 2 is 2.17 bits per heavy atom. The molecule has 1 aliphatic heterocycles. The Bertz CT molecular complexity index is 586. The number of thioether (sulfide) groups is 1. The average Bonchev–Trinajstić information content (AvgIpc) is 2.93. The fraction of sp³-hybridized carbons (Fsp3) is 0.611. The summed E-state index contributed by atoms with van der Waals surface area (Å²) >= 11 is 5.47. The van der Waals surface area contributed by atoms with Gasteiger partial charge in [-0.2, -0.15) is 0 Å². The Kier molecular flexibility index (Phi) is 7.47. The molecular weight excluding hydrogens is 408 g/mol. The molecule has 2 N–H and O–H groups in total. The highest BCUT2D eigenvalue weighted by Gasteiger charge is 2.32. The summed E-state index contributed by atoms with van der Waals surface area (Å²) in [4.78, 5) is 16.3. The van der Waals surface area contributed by atoms with Crippen molar-refractivity contribution in [1.29, 1.82) is 0 Å². The molecule has 2 aliphatic rings. The molecule has 0 spiro atoms. The van der Waals surface area contributed by atoms with Crippen molar-refractivity contribution >= 4 is 46.0 Å². The van der Waals surface area contributed by atoms with Gasteiger partial charge in [0.25, 0.3) is 0 Å². The Morgan fingerprint density at radius 1 is 1.38 bits per heavy atom. The average molecular weight is 434 g/mol. The van der Waals surface area contributed by atoms with Crippen molar-refractivity contribution in [2.24, 2.45) is 11.7 Å². The van der Waals surface area contributed by atoms with Gasteiger partial charge < -0.3 is 10.6 Å². The number of carbonyl (C=O) groups is 1. The first kappa shape index (κ1) is 20.1. The van der Waals surface area contributed by atoms with E-state index in [-0.39, 0.29) is 30.4 Å². The molecular formula is C18H26BrClN2OS. The molecule has 134 valence electrons. The number of amides is 1. The number of benzene rings is 1. The molecule has 3 atom stereocenters. The smallest absolute Gasteiger partial charge is 0.223 e. The fourth-order valence-electron chi connectivity index (χ4n) is 3.90. The second-order valence-electron chi connectivity index (χ2n) is 6.57. The van der Waals surface area contributed by atoms with Gasteiger partial charge >= 0.3 is 0 Å². The summed E-state index contributed by atoms with van der Waals surface area (Å²) in [6, 6.07) is 6.86. The second kappa shape index (κ2) is 8.93. The lowest BCUT2D eigenvalue weighted by Gasteiger charge is -2.36. The molecule has 1 heterocycles. The molecule has 1 aromatic rings. The van der Waals surface area contributed by atoms with Crippen LogP contribution in [0.2, 0.25) is 0 Å². The number of hydrogen-bond acceptors (Lipinski definition) is 3. The van der Waals surface area contributed by atoms with Crippen molar-refractivity contribution in [3.05, 3.63) is 28.2 Å². The molecule has 0 radical (unpaired) electrons. The van der Waals surface area contributed by atoms with Crippen LogP contribution < -0.4 is 5.73 Å². The highest BCUT2D eigenvalue weighted by atomic mass is 79.9. The molecule has 6 heteroatoms. The van der Waals surface area contributed by atoms with E-state index in [9.17, 15) is 4.79 Å². The predicted molar refractivity (Wildman–Crippen MR) is 107 cm³/mol. The monoisotopic (exact) mass is 432 g/mol. The molecule has 1 fully saturated rings. The number of halogens is 2. The Hall–Kier alpha value is -0.230. The van der Waals surface area contributed by atoms with E-state index in [4.69, 9.17) is 5.73 Å². The molecule has 24 heavy (non-hydrogen) atoms. The maximum Gasteiger partial charge on any atom is 0.223 e. The van der Waals surface area contributed by atoms with E-state index < -0.39 is 0 Å². The second-order valence-corrected chi connectivity index (χ2v) is 8.63. The van der Waals surface area contributed by atoms with E-state index in [1.807, 2.05) is 11.8 Å². The lowest BCUT2D eigenvalue weighted by atomic mass is 9.97. The first-order chi connectivity index (χ1) is 11.1. The van der Waals surface area contributed by atoms with E-state index >= 15 is 0 Å². The van der Waals surface area contributed by atoms with Crippen LogP contribution in [-0.2, 0) is 4.79 Å². The Balaban J connectivity index is 0.00000208. The lowest BCUT2D eigenvalue weighted by Crippen LogP contribution is -2.38. The summed E-state index contributed by atoms with van der Waals surface area (Å²) < 4.78 is 1.09. The summed E-state index contributed by atoms with van der Waals surface area (Å²) in [5.41, 5.74) is 7.46. The van der Waals surface area contributed by atoms with Gasteiger partial charge in [0, 0.05) is 34.1 Å². The lowest BCUT2D eigenvalue weighted by molar-refractivity contribution is -0.134. The molecule has 1 saturated carbocycles. The SMILES string of the molecule is CCN(C(=O)C[C@@H]1CCC[C@H]1N)C1CCSc2ccc(Br)cc21.Cl.